The molecule has 2 aromatic carbocycles. The minimum absolute atomic E-state index is 0.228. The van der Waals surface area contributed by atoms with Crippen LogP contribution in [0.15, 0.2) is 53.1 Å². The van der Waals surface area contributed by atoms with E-state index in [1.165, 1.54) is 15.0 Å². The summed E-state index contributed by atoms with van der Waals surface area (Å²) in [5.41, 5.74) is 2.88. The smallest absolute Gasteiger partial charge is 0.129 e. The lowest BCUT2D eigenvalue weighted by molar-refractivity contribution is 0.472. The lowest BCUT2D eigenvalue weighted by atomic mass is 10.1. The SMILES string of the molecule is Cc1cc2cc3nccc(Nc4ccc(O)c(Br)c4)c3cc2s1. The predicted octanol–water partition coefficient (Wildman–Crippen LogP) is 5.97. The molecule has 0 saturated heterocycles. The molecule has 0 bridgehead atoms. The van der Waals surface area contributed by atoms with Gasteiger partial charge in [0.15, 0.2) is 0 Å². The first-order valence-corrected chi connectivity index (χ1v) is 8.75. The first-order chi connectivity index (χ1) is 11.1. The number of rotatable bonds is 2. The summed E-state index contributed by atoms with van der Waals surface area (Å²) in [6.07, 6.45) is 1.81. The molecule has 0 aliphatic carbocycles. The van der Waals surface area contributed by atoms with Gasteiger partial charge >= 0.3 is 0 Å². The van der Waals surface area contributed by atoms with Crippen LogP contribution in [0.25, 0.3) is 21.0 Å². The average Bonchev–Trinajstić information content (AvgIpc) is 2.88. The van der Waals surface area contributed by atoms with Crippen LogP contribution in [0.2, 0.25) is 0 Å². The molecule has 0 amide bonds. The standard InChI is InChI=1S/C18H13BrN2OS/c1-10-6-11-7-16-13(9-18(11)23-10)15(4-5-20-16)21-12-2-3-17(22)14(19)8-12/h2-9,22H,1H3,(H,20,21). The van der Waals surface area contributed by atoms with Crippen molar-refractivity contribution in [3.63, 3.8) is 0 Å². The van der Waals surface area contributed by atoms with Crippen molar-refractivity contribution in [1.82, 2.24) is 4.98 Å². The van der Waals surface area contributed by atoms with Crippen molar-refractivity contribution in [1.29, 1.82) is 0 Å². The van der Waals surface area contributed by atoms with Crippen LogP contribution in [0, 0.1) is 6.92 Å². The summed E-state index contributed by atoms with van der Waals surface area (Å²) in [7, 11) is 0. The Morgan fingerprint density at radius 1 is 1.13 bits per heavy atom. The number of pyridine rings is 1. The van der Waals surface area contributed by atoms with E-state index >= 15 is 0 Å². The summed E-state index contributed by atoms with van der Waals surface area (Å²) < 4.78 is 1.93. The third-order valence-electron chi connectivity index (χ3n) is 3.73. The largest absolute Gasteiger partial charge is 0.507 e. The van der Waals surface area contributed by atoms with Gasteiger partial charge in [0.25, 0.3) is 0 Å². The van der Waals surface area contributed by atoms with Crippen LogP contribution in [-0.2, 0) is 0 Å². The van der Waals surface area contributed by atoms with E-state index in [-0.39, 0.29) is 5.75 Å². The number of fused-ring (bicyclic) bond motifs is 2. The lowest BCUT2D eigenvalue weighted by Gasteiger charge is -2.10. The maximum absolute atomic E-state index is 9.62. The van der Waals surface area contributed by atoms with Gasteiger partial charge in [0.05, 0.1) is 9.99 Å². The summed E-state index contributed by atoms with van der Waals surface area (Å²) in [5, 5.41) is 15.4. The number of hydrogen-bond acceptors (Lipinski definition) is 4. The van der Waals surface area contributed by atoms with E-state index < -0.39 is 0 Å². The Balaban J connectivity index is 1.85. The predicted molar refractivity (Wildman–Crippen MR) is 101 cm³/mol. The summed E-state index contributed by atoms with van der Waals surface area (Å²) in [4.78, 5) is 5.79. The number of phenols is 1. The molecule has 0 saturated carbocycles. The maximum Gasteiger partial charge on any atom is 0.129 e. The Bertz CT molecular complexity index is 1040. The highest BCUT2D eigenvalue weighted by Crippen LogP contribution is 2.34. The van der Waals surface area contributed by atoms with E-state index in [2.05, 4.69) is 51.4 Å². The third kappa shape index (κ3) is 2.66. The number of anilines is 2. The van der Waals surface area contributed by atoms with E-state index in [9.17, 15) is 5.11 Å². The number of nitrogens with zero attached hydrogens (tertiary/aromatic N) is 1. The zero-order valence-corrected chi connectivity index (χ0v) is 14.7. The van der Waals surface area contributed by atoms with Crippen molar-refractivity contribution >= 4 is 59.6 Å². The number of aromatic hydroxyl groups is 1. The molecular weight excluding hydrogens is 372 g/mol. The zero-order valence-electron chi connectivity index (χ0n) is 12.3. The number of thiophene rings is 1. The molecule has 0 spiro atoms. The van der Waals surface area contributed by atoms with Crippen molar-refractivity contribution < 1.29 is 5.11 Å². The van der Waals surface area contributed by atoms with Crippen LogP contribution >= 0.6 is 27.3 Å². The van der Waals surface area contributed by atoms with Gasteiger partial charge in [-0.25, -0.2) is 0 Å². The summed E-state index contributed by atoms with van der Waals surface area (Å²) in [5.74, 6) is 0.228. The second-order valence-electron chi connectivity index (χ2n) is 5.41. The van der Waals surface area contributed by atoms with Gasteiger partial charge in [0, 0.05) is 32.5 Å². The highest BCUT2D eigenvalue weighted by Gasteiger charge is 2.07. The number of aromatic nitrogens is 1. The summed E-state index contributed by atoms with van der Waals surface area (Å²) in [6.45, 7) is 2.12. The molecular formula is C18H13BrN2OS. The Morgan fingerprint density at radius 3 is 2.83 bits per heavy atom. The zero-order chi connectivity index (χ0) is 16.0. The fraction of sp³-hybridized carbons (Fsp3) is 0.0556. The highest BCUT2D eigenvalue weighted by atomic mass is 79.9. The molecule has 2 N–H and O–H groups in total. The Labute approximate surface area is 145 Å². The average molecular weight is 385 g/mol. The van der Waals surface area contributed by atoms with Crippen LogP contribution in [0.1, 0.15) is 4.88 Å². The molecule has 4 aromatic rings. The third-order valence-corrected chi connectivity index (χ3v) is 5.38. The topological polar surface area (TPSA) is 45.2 Å². The Hall–Kier alpha value is -2.11. The first kappa shape index (κ1) is 14.5. The van der Waals surface area contributed by atoms with Crippen LogP contribution in [0.3, 0.4) is 0 Å². The summed E-state index contributed by atoms with van der Waals surface area (Å²) >= 11 is 5.13. The molecule has 0 unspecified atom stereocenters. The van der Waals surface area contributed by atoms with E-state index in [0.29, 0.717) is 4.47 Å². The molecule has 4 rings (SSSR count). The first-order valence-electron chi connectivity index (χ1n) is 7.14. The van der Waals surface area contributed by atoms with Gasteiger partial charge in [0.2, 0.25) is 0 Å². The number of phenolic OH excluding ortho intramolecular Hbond substituents is 1. The minimum Gasteiger partial charge on any atom is -0.507 e. The van der Waals surface area contributed by atoms with Gasteiger partial charge in [-0.05, 0) is 70.7 Å². The fourth-order valence-electron chi connectivity index (χ4n) is 2.66. The van der Waals surface area contributed by atoms with E-state index in [4.69, 9.17) is 0 Å². The lowest BCUT2D eigenvalue weighted by Crippen LogP contribution is -1.92. The van der Waals surface area contributed by atoms with Crippen LogP contribution in [-0.4, -0.2) is 10.1 Å². The second-order valence-corrected chi connectivity index (χ2v) is 7.56. The van der Waals surface area contributed by atoms with Gasteiger partial charge in [-0.2, -0.15) is 0 Å². The molecule has 0 fully saturated rings. The molecule has 2 heterocycles. The van der Waals surface area contributed by atoms with Crippen molar-refractivity contribution in [2.75, 3.05) is 5.32 Å². The number of aryl methyl sites for hydroxylation is 1. The van der Waals surface area contributed by atoms with Gasteiger partial charge in [-0.1, -0.05) is 0 Å². The molecule has 114 valence electrons. The molecule has 3 nitrogen and oxygen atoms in total. The normalized spacial score (nSPS) is 11.2. The molecule has 23 heavy (non-hydrogen) atoms. The van der Waals surface area contributed by atoms with E-state index in [1.54, 1.807) is 17.4 Å². The van der Waals surface area contributed by atoms with Gasteiger partial charge in [-0.15, -0.1) is 11.3 Å². The Morgan fingerprint density at radius 2 is 2.00 bits per heavy atom. The van der Waals surface area contributed by atoms with Crippen molar-refractivity contribution in [2.45, 2.75) is 6.92 Å². The van der Waals surface area contributed by atoms with Crippen molar-refractivity contribution in [3.8, 4) is 5.75 Å². The Kier molecular flexibility index (Phi) is 3.47. The molecule has 0 atom stereocenters. The highest BCUT2D eigenvalue weighted by molar-refractivity contribution is 9.10. The molecule has 2 aromatic heterocycles. The minimum atomic E-state index is 0.228. The number of hydrogen-bond donors (Lipinski definition) is 2. The second kappa shape index (κ2) is 5.51. The van der Waals surface area contributed by atoms with Crippen LogP contribution < -0.4 is 5.32 Å². The van der Waals surface area contributed by atoms with Crippen LogP contribution in [0.4, 0.5) is 11.4 Å². The number of halogens is 1. The van der Waals surface area contributed by atoms with Gasteiger partial charge in [0.1, 0.15) is 5.75 Å². The summed E-state index contributed by atoms with van der Waals surface area (Å²) in [6, 6.07) is 13.8. The fourth-order valence-corrected chi connectivity index (χ4v) is 3.99. The maximum atomic E-state index is 9.62. The van der Waals surface area contributed by atoms with Crippen LogP contribution in [0.5, 0.6) is 5.75 Å². The molecule has 0 aliphatic rings. The van der Waals surface area contributed by atoms with E-state index in [0.717, 1.165) is 22.3 Å². The van der Waals surface area contributed by atoms with Crippen molar-refractivity contribution in [3.05, 3.63) is 58.0 Å². The van der Waals surface area contributed by atoms with Gasteiger partial charge < -0.3 is 10.4 Å². The molecule has 0 radical (unpaired) electrons. The molecule has 0 aliphatic heterocycles. The van der Waals surface area contributed by atoms with Crippen molar-refractivity contribution in [2.24, 2.45) is 0 Å². The quantitative estimate of drug-likeness (QED) is 0.418. The number of nitrogens with one attached hydrogen (secondary N) is 1. The van der Waals surface area contributed by atoms with Gasteiger partial charge in [-0.3, -0.25) is 4.98 Å². The molecule has 5 heteroatoms. The monoisotopic (exact) mass is 384 g/mol. The number of benzene rings is 2. The van der Waals surface area contributed by atoms with E-state index in [1.807, 2.05) is 24.4 Å².